The van der Waals surface area contributed by atoms with E-state index in [1.54, 1.807) is 0 Å². The summed E-state index contributed by atoms with van der Waals surface area (Å²) in [5.41, 5.74) is 5.40. The maximum absolute atomic E-state index is 12.7. The lowest BCUT2D eigenvalue weighted by atomic mass is 10.0. The minimum Gasteiger partial charge on any atom is -0.462 e. The molecule has 0 rings (SSSR count). The zero-order valence-corrected chi connectivity index (χ0v) is 51.6. The minimum absolute atomic E-state index is 0.0550. The molecular formula is C67H126NO8P. The van der Waals surface area contributed by atoms with E-state index >= 15 is 0 Å². The van der Waals surface area contributed by atoms with Gasteiger partial charge in [-0.05, 0) is 51.4 Å². The number of hydrogen-bond acceptors (Lipinski definition) is 8. The number of rotatable bonds is 63. The van der Waals surface area contributed by atoms with Crippen molar-refractivity contribution in [3.8, 4) is 0 Å². The summed E-state index contributed by atoms with van der Waals surface area (Å²) in [6.45, 7) is 3.70. The van der Waals surface area contributed by atoms with E-state index in [2.05, 4.69) is 62.5 Å². The molecule has 0 radical (unpaired) electrons. The minimum atomic E-state index is -4.39. The van der Waals surface area contributed by atoms with E-state index in [1.807, 2.05) is 0 Å². The second-order valence-corrected chi connectivity index (χ2v) is 23.8. The van der Waals surface area contributed by atoms with Crippen LogP contribution in [0.3, 0.4) is 0 Å². The standard InChI is InChI=1S/C67H126NO8P/c1-3-5-7-9-11-13-15-17-19-21-23-25-27-29-31-32-34-36-38-40-42-44-46-48-50-52-54-56-58-60-67(70)76-65(64-75-77(71,72)74-62-61-68)63-73-66(69)59-57-55-53-51-49-47-45-43-41-39-37-35-33-30-28-26-24-22-20-18-16-14-12-10-8-6-4-2/h5,7,11,13,17,19,23,25,65H,3-4,6,8-10,12,14-16,18,20-22,24,26-64,68H2,1-2H3,(H,71,72)/b7-5-,13-11-,19-17-,25-23-. The Hall–Kier alpha value is -2.03. The SMILES string of the molecule is CC/C=C\C/C=C\C/C=C\C/C=C\CCCCCCCCCCCCCCCCCCC(=O)OC(COC(=O)CCCCCCCCCCCCCCCCCCCCCCCCCCCCC)COP(=O)(O)OCCN. The largest absolute Gasteiger partial charge is 0.472 e. The van der Waals surface area contributed by atoms with Crippen LogP contribution in [0.15, 0.2) is 48.6 Å². The van der Waals surface area contributed by atoms with Gasteiger partial charge in [0, 0.05) is 19.4 Å². The highest BCUT2D eigenvalue weighted by Crippen LogP contribution is 2.43. The Morgan fingerprint density at radius 2 is 0.714 bits per heavy atom. The first kappa shape index (κ1) is 75.0. The van der Waals surface area contributed by atoms with Crippen LogP contribution in [-0.2, 0) is 32.7 Å². The van der Waals surface area contributed by atoms with Gasteiger partial charge in [0.2, 0.25) is 0 Å². The fourth-order valence-electron chi connectivity index (χ4n) is 9.87. The molecule has 0 saturated heterocycles. The summed E-state index contributed by atoms with van der Waals surface area (Å²) in [4.78, 5) is 35.3. The molecule has 0 amide bonds. The fraction of sp³-hybridized carbons (Fsp3) is 0.851. The van der Waals surface area contributed by atoms with Crippen molar-refractivity contribution in [1.82, 2.24) is 0 Å². The topological polar surface area (TPSA) is 134 Å². The summed E-state index contributed by atoms with van der Waals surface area (Å²) < 4.78 is 33.2. The van der Waals surface area contributed by atoms with Crippen LogP contribution in [0.5, 0.6) is 0 Å². The van der Waals surface area contributed by atoms with E-state index in [1.165, 1.54) is 238 Å². The molecule has 452 valence electrons. The van der Waals surface area contributed by atoms with Crippen LogP contribution in [0.1, 0.15) is 335 Å². The Labute approximate surface area is 477 Å². The van der Waals surface area contributed by atoms with Gasteiger partial charge in [0.1, 0.15) is 6.61 Å². The van der Waals surface area contributed by atoms with Gasteiger partial charge in [0.15, 0.2) is 6.10 Å². The zero-order chi connectivity index (χ0) is 55.9. The Morgan fingerprint density at radius 3 is 1.06 bits per heavy atom. The van der Waals surface area contributed by atoms with Crippen molar-refractivity contribution in [2.45, 2.75) is 341 Å². The Balaban J connectivity index is 3.86. The van der Waals surface area contributed by atoms with Crippen molar-refractivity contribution in [3.05, 3.63) is 48.6 Å². The van der Waals surface area contributed by atoms with E-state index in [0.717, 1.165) is 64.2 Å². The second-order valence-electron chi connectivity index (χ2n) is 22.3. The van der Waals surface area contributed by atoms with Gasteiger partial charge in [-0.3, -0.25) is 18.6 Å². The molecule has 3 N–H and O–H groups in total. The van der Waals surface area contributed by atoms with Crippen molar-refractivity contribution in [3.63, 3.8) is 0 Å². The summed E-state index contributed by atoms with van der Waals surface area (Å²) in [5, 5.41) is 0. The lowest BCUT2D eigenvalue weighted by Crippen LogP contribution is -2.29. The molecule has 77 heavy (non-hydrogen) atoms. The molecule has 2 unspecified atom stereocenters. The van der Waals surface area contributed by atoms with Crippen molar-refractivity contribution in [2.75, 3.05) is 26.4 Å². The van der Waals surface area contributed by atoms with Crippen molar-refractivity contribution in [1.29, 1.82) is 0 Å². The van der Waals surface area contributed by atoms with Crippen molar-refractivity contribution >= 4 is 19.8 Å². The van der Waals surface area contributed by atoms with Gasteiger partial charge in [-0.2, -0.15) is 0 Å². The summed E-state index contributed by atoms with van der Waals surface area (Å²) in [5.74, 6) is -0.809. The molecule has 9 nitrogen and oxygen atoms in total. The first-order chi connectivity index (χ1) is 37.8. The van der Waals surface area contributed by atoms with Gasteiger partial charge in [0.25, 0.3) is 0 Å². The molecule has 2 atom stereocenters. The molecule has 0 aromatic carbocycles. The molecule has 0 spiro atoms. The number of phosphoric acid groups is 1. The predicted molar refractivity (Wildman–Crippen MR) is 330 cm³/mol. The van der Waals surface area contributed by atoms with Gasteiger partial charge < -0.3 is 20.1 Å². The third kappa shape index (κ3) is 63.0. The average Bonchev–Trinajstić information content (AvgIpc) is 3.42. The highest BCUT2D eigenvalue weighted by Gasteiger charge is 2.26. The Bertz CT molecular complexity index is 1400. The Morgan fingerprint density at radius 1 is 0.403 bits per heavy atom. The number of esters is 2. The monoisotopic (exact) mass is 1100 g/mol. The van der Waals surface area contributed by atoms with Crippen LogP contribution < -0.4 is 5.73 Å². The number of carbonyl (C=O) groups excluding carboxylic acids is 2. The molecule has 0 aliphatic carbocycles. The second kappa shape index (κ2) is 63.2. The zero-order valence-electron chi connectivity index (χ0n) is 50.7. The molecular weight excluding hydrogens is 978 g/mol. The smallest absolute Gasteiger partial charge is 0.462 e. The summed E-state index contributed by atoms with van der Waals surface area (Å²) in [7, 11) is -4.39. The maximum Gasteiger partial charge on any atom is 0.472 e. The number of hydrogen-bond donors (Lipinski definition) is 2. The molecule has 0 aromatic rings. The lowest BCUT2D eigenvalue weighted by Gasteiger charge is -2.19. The van der Waals surface area contributed by atoms with Gasteiger partial charge in [-0.1, -0.05) is 319 Å². The van der Waals surface area contributed by atoms with Crippen molar-refractivity contribution in [2.24, 2.45) is 5.73 Å². The first-order valence-electron chi connectivity index (χ1n) is 33.1. The van der Waals surface area contributed by atoms with Gasteiger partial charge >= 0.3 is 19.8 Å². The molecule has 0 fully saturated rings. The molecule has 0 aliphatic heterocycles. The van der Waals surface area contributed by atoms with E-state index in [0.29, 0.717) is 6.42 Å². The molecule has 0 saturated carbocycles. The van der Waals surface area contributed by atoms with Crippen LogP contribution in [-0.4, -0.2) is 49.3 Å². The molecule has 0 aromatic heterocycles. The Kier molecular flexibility index (Phi) is 61.5. The summed E-state index contributed by atoms with van der Waals surface area (Å²) in [6, 6.07) is 0. The van der Waals surface area contributed by atoms with Gasteiger partial charge in [-0.25, -0.2) is 4.57 Å². The molecule has 0 bridgehead atoms. The van der Waals surface area contributed by atoms with Crippen LogP contribution >= 0.6 is 7.82 Å². The fourth-order valence-corrected chi connectivity index (χ4v) is 10.6. The average molecular weight is 1100 g/mol. The van der Waals surface area contributed by atoms with Crippen molar-refractivity contribution < 1.29 is 37.6 Å². The number of ether oxygens (including phenoxy) is 2. The third-order valence-electron chi connectivity index (χ3n) is 14.7. The van der Waals surface area contributed by atoms with Crippen LogP contribution in [0.25, 0.3) is 0 Å². The van der Waals surface area contributed by atoms with Crippen LogP contribution in [0.2, 0.25) is 0 Å². The summed E-state index contributed by atoms with van der Waals surface area (Å²) >= 11 is 0. The number of unbranched alkanes of at least 4 members (excludes halogenated alkanes) is 42. The highest BCUT2D eigenvalue weighted by atomic mass is 31.2. The number of phosphoric ester groups is 1. The molecule has 0 heterocycles. The first-order valence-corrected chi connectivity index (χ1v) is 34.6. The highest BCUT2D eigenvalue weighted by molar-refractivity contribution is 7.47. The normalized spacial score (nSPS) is 13.2. The maximum atomic E-state index is 12.7. The van der Waals surface area contributed by atoms with E-state index in [9.17, 15) is 19.0 Å². The van der Waals surface area contributed by atoms with E-state index < -0.39 is 26.5 Å². The lowest BCUT2D eigenvalue weighted by molar-refractivity contribution is -0.161. The summed E-state index contributed by atoms with van der Waals surface area (Å²) in [6.07, 6.45) is 79.1. The number of allylic oxidation sites excluding steroid dienone is 8. The van der Waals surface area contributed by atoms with Gasteiger partial charge in [-0.15, -0.1) is 0 Å². The quantitative estimate of drug-likeness (QED) is 0.0264. The number of nitrogens with two attached hydrogens (primary N) is 1. The molecule has 10 heteroatoms. The van der Waals surface area contributed by atoms with Crippen LogP contribution in [0.4, 0.5) is 0 Å². The van der Waals surface area contributed by atoms with E-state index in [-0.39, 0.29) is 38.6 Å². The third-order valence-corrected chi connectivity index (χ3v) is 15.7. The number of carbonyl (C=O) groups is 2. The van der Waals surface area contributed by atoms with E-state index in [4.69, 9.17) is 24.3 Å². The van der Waals surface area contributed by atoms with Crippen LogP contribution in [0, 0.1) is 0 Å². The predicted octanol–water partition coefficient (Wildman–Crippen LogP) is 21.3. The van der Waals surface area contributed by atoms with Gasteiger partial charge in [0.05, 0.1) is 13.2 Å². The molecule has 0 aliphatic rings.